The molecule has 2 aromatic rings. The molecule has 0 saturated heterocycles. The highest BCUT2D eigenvalue weighted by Crippen LogP contribution is 2.23. The van der Waals surface area contributed by atoms with E-state index in [1.165, 1.54) is 12.1 Å². The van der Waals surface area contributed by atoms with Gasteiger partial charge in [0, 0.05) is 12.0 Å². The van der Waals surface area contributed by atoms with Crippen molar-refractivity contribution in [3.63, 3.8) is 0 Å². The predicted molar refractivity (Wildman–Crippen MR) is 60.1 cm³/mol. The van der Waals surface area contributed by atoms with Crippen LogP contribution in [0.1, 0.15) is 12.2 Å². The van der Waals surface area contributed by atoms with Crippen LogP contribution in [0.3, 0.4) is 0 Å². The SMILES string of the molecule is O=C(O)CCc1ccc(-c2cccc(F)c2)o1. The zero-order valence-electron chi connectivity index (χ0n) is 9.02. The van der Waals surface area contributed by atoms with Gasteiger partial charge in [0.1, 0.15) is 17.3 Å². The van der Waals surface area contributed by atoms with Crippen molar-refractivity contribution in [2.24, 2.45) is 0 Å². The van der Waals surface area contributed by atoms with Gasteiger partial charge >= 0.3 is 5.97 Å². The van der Waals surface area contributed by atoms with Crippen molar-refractivity contribution in [3.05, 3.63) is 48.0 Å². The average molecular weight is 234 g/mol. The van der Waals surface area contributed by atoms with Gasteiger partial charge in [-0.15, -0.1) is 0 Å². The van der Waals surface area contributed by atoms with Crippen LogP contribution < -0.4 is 0 Å². The molecule has 4 heteroatoms. The van der Waals surface area contributed by atoms with E-state index in [1.807, 2.05) is 0 Å². The third kappa shape index (κ3) is 2.93. The molecule has 0 unspecified atom stereocenters. The van der Waals surface area contributed by atoms with Gasteiger partial charge in [0.25, 0.3) is 0 Å². The first-order valence-corrected chi connectivity index (χ1v) is 5.21. The summed E-state index contributed by atoms with van der Waals surface area (Å²) in [6.45, 7) is 0. The van der Waals surface area contributed by atoms with Crippen LogP contribution in [-0.4, -0.2) is 11.1 Å². The monoisotopic (exact) mass is 234 g/mol. The summed E-state index contributed by atoms with van der Waals surface area (Å²) in [7, 11) is 0. The molecular formula is C13H11FO3. The van der Waals surface area contributed by atoms with Gasteiger partial charge < -0.3 is 9.52 Å². The summed E-state index contributed by atoms with van der Waals surface area (Å²) < 4.78 is 18.4. The highest BCUT2D eigenvalue weighted by molar-refractivity contribution is 5.67. The fraction of sp³-hybridized carbons (Fsp3) is 0.154. The van der Waals surface area contributed by atoms with E-state index in [0.29, 0.717) is 23.5 Å². The number of hydrogen-bond acceptors (Lipinski definition) is 2. The van der Waals surface area contributed by atoms with Crippen LogP contribution in [0.5, 0.6) is 0 Å². The van der Waals surface area contributed by atoms with Gasteiger partial charge in [0.15, 0.2) is 0 Å². The van der Waals surface area contributed by atoms with Crippen LogP contribution >= 0.6 is 0 Å². The van der Waals surface area contributed by atoms with Gasteiger partial charge in [-0.2, -0.15) is 0 Å². The third-order valence-corrected chi connectivity index (χ3v) is 2.36. The summed E-state index contributed by atoms with van der Waals surface area (Å²) in [5.41, 5.74) is 0.645. The molecule has 1 N–H and O–H groups in total. The fourth-order valence-electron chi connectivity index (χ4n) is 1.54. The van der Waals surface area contributed by atoms with E-state index in [0.717, 1.165) is 0 Å². The Morgan fingerprint density at radius 2 is 2.12 bits per heavy atom. The summed E-state index contributed by atoms with van der Waals surface area (Å²) in [6.07, 6.45) is 0.362. The Bertz CT molecular complexity index is 531. The first-order chi connectivity index (χ1) is 8.15. The number of hydrogen-bond donors (Lipinski definition) is 1. The van der Waals surface area contributed by atoms with Crippen molar-refractivity contribution in [1.29, 1.82) is 0 Å². The molecule has 0 aliphatic heterocycles. The second kappa shape index (κ2) is 4.82. The van der Waals surface area contributed by atoms with Gasteiger partial charge in [-0.25, -0.2) is 4.39 Å². The summed E-state index contributed by atoms with van der Waals surface area (Å²) >= 11 is 0. The molecule has 0 bridgehead atoms. The van der Waals surface area contributed by atoms with Gasteiger partial charge in [0.2, 0.25) is 0 Å². The second-order valence-electron chi connectivity index (χ2n) is 3.67. The van der Waals surface area contributed by atoms with Crippen LogP contribution in [0.4, 0.5) is 4.39 Å². The Kier molecular flexibility index (Phi) is 3.23. The molecule has 2 rings (SSSR count). The lowest BCUT2D eigenvalue weighted by Crippen LogP contribution is -1.96. The molecule has 0 radical (unpaired) electrons. The zero-order valence-corrected chi connectivity index (χ0v) is 9.02. The Hall–Kier alpha value is -2.10. The highest BCUT2D eigenvalue weighted by Gasteiger charge is 2.07. The molecule has 3 nitrogen and oxygen atoms in total. The Morgan fingerprint density at radius 1 is 1.29 bits per heavy atom. The van der Waals surface area contributed by atoms with E-state index in [4.69, 9.17) is 9.52 Å². The molecule has 0 saturated carbocycles. The summed E-state index contributed by atoms with van der Waals surface area (Å²) in [5, 5.41) is 8.54. The first-order valence-electron chi connectivity index (χ1n) is 5.21. The molecule has 0 fully saturated rings. The van der Waals surface area contributed by atoms with E-state index < -0.39 is 5.97 Å². The van der Waals surface area contributed by atoms with E-state index in [9.17, 15) is 9.18 Å². The first kappa shape index (κ1) is 11.4. The fourth-order valence-corrected chi connectivity index (χ4v) is 1.54. The minimum Gasteiger partial charge on any atom is -0.481 e. The second-order valence-corrected chi connectivity index (χ2v) is 3.67. The van der Waals surface area contributed by atoms with Gasteiger partial charge in [-0.05, 0) is 24.3 Å². The largest absolute Gasteiger partial charge is 0.481 e. The number of aryl methyl sites for hydroxylation is 1. The Morgan fingerprint density at radius 3 is 2.82 bits per heavy atom. The van der Waals surface area contributed by atoms with Crippen molar-refractivity contribution in [2.45, 2.75) is 12.8 Å². The summed E-state index contributed by atoms with van der Waals surface area (Å²) in [5.74, 6) is -0.0590. The van der Waals surface area contributed by atoms with E-state index in [2.05, 4.69) is 0 Å². The number of halogens is 1. The van der Waals surface area contributed by atoms with E-state index in [1.54, 1.807) is 24.3 Å². The molecule has 0 aliphatic carbocycles. The smallest absolute Gasteiger partial charge is 0.303 e. The van der Waals surface area contributed by atoms with Crippen LogP contribution in [0.15, 0.2) is 40.8 Å². The lowest BCUT2D eigenvalue weighted by atomic mass is 10.2. The van der Waals surface area contributed by atoms with Crippen LogP contribution in [0, 0.1) is 5.82 Å². The molecule has 0 aliphatic rings. The van der Waals surface area contributed by atoms with E-state index in [-0.39, 0.29) is 12.2 Å². The number of carboxylic acid groups (broad SMARTS) is 1. The molecule has 1 aromatic heterocycles. The van der Waals surface area contributed by atoms with Crippen molar-refractivity contribution < 1.29 is 18.7 Å². The lowest BCUT2D eigenvalue weighted by Gasteiger charge is -1.97. The number of furan rings is 1. The molecule has 0 atom stereocenters. The molecular weight excluding hydrogens is 223 g/mol. The number of carboxylic acids is 1. The maximum Gasteiger partial charge on any atom is 0.303 e. The lowest BCUT2D eigenvalue weighted by molar-refractivity contribution is -0.137. The van der Waals surface area contributed by atoms with Gasteiger partial charge in [-0.1, -0.05) is 12.1 Å². The minimum absolute atomic E-state index is 0.0239. The number of carbonyl (C=O) groups is 1. The molecule has 1 heterocycles. The zero-order chi connectivity index (χ0) is 12.3. The van der Waals surface area contributed by atoms with Crippen LogP contribution in [0.2, 0.25) is 0 Å². The normalized spacial score (nSPS) is 10.4. The molecule has 0 amide bonds. The standard InChI is InChI=1S/C13H11FO3/c14-10-3-1-2-9(8-10)12-6-4-11(17-12)5-7-13(15)16/h1-4,6,8H,5,7H2,(H,15,16). The average Bonchev–Trinajstić information content (AvgIpc) is 2.75. The predicted octanol–water partition coefficient (Wildman–Crippen LogP) is 3.10. The minimum atomic E-state index is -0.867. The van der Waals surface area contributed by atoms with Crippen molar-refractivity contribution in [2.75, 3.05) is 0 Å². The topological polar surface area (TPSA) is 50.4 Å². The van der Waals surface area contributed by atoms with Crippen molar-refractivity contribution in [1.82, 2.24) is 0 Å². The Balaban J connectivity index is 2.15. The molecule has 17 heavy (non-hydrogen) atoms. The molecule has 1 aromatic carbocycles. The third-order valence-electron chi connectivity index (χ3n) is 2.36. The molecule has 0 spiro atoms. The quantitative estimate of drug-likeness (QED) is 0.884. The van der Waals surface area contributed by atoms with Gasteiger partial charge in [-0.3, -0.25) is 4.79 Å². The highest BCUT2D eigenvalue weighted by atomic mass is 19.1. The van der Waals surface area contributed by atoms with Crippen molar-refractivity contribution >= 4 is 5.97 Å². The van der Waals surface area contributed by atoms with Crippen LogP contribution in [0.25, 0.3) is 11.3 Å². The summed E-state index contributed by atoms with van der Waals surface area (Å²) in [6, 6.07) is 9.50. The van der Waals surface area contributed by atoms with E-state index >= 15 is 0 Å². The summed E-state index contributed by atoms with van der Waals surface area (Å²) in [4.78, 5) is 10.4. The number of benzene rings is 1. The Labute approximate surface area is 97.5 Å². The number of rotatable bonds is 4. The maximum absolute atomic E-state index is 13.0. The number of aliphatic carboxylic acids is 1. The van der Waals surface area contributed by atoms with Crippen molar-refractivity contribution in [3.8, 4) is 11.3 Å². The van der Waals surface area contributed by atoms with Crippen LogP contribution in [-0.2, 0) is 11.2 Å². The molecule has 88 valence electrons. The maximum atomic E-state index is 13.0. The van der Waals surface area contributed by atoms with Gasteiger partial charge in [0.05, 0.1) is 6.42 Å².